The third kappa shape index (κ3) is 3.09. The average molecular weight is 285 g/mol. The van der Waals surface area contributed by atoms with Gasteiger partial charge in [0.05, 0.1) is 5.75 Å². The highest BCUT2D eigenvalue weighted by Crippen LogP contribution is 2.35. The second-order valence-electron chi connectivity index (χ2n) is 5.33. The molecule has 19 heavy (non-hydrogen) atoms. The first-order valence-electron chi connectivity index (χ1n) is 6.48. The molecule has 0 spiro atoms. The van der Waals surface area contributed by atoms with Crippen molar-refractivity contribution in [3.8, 4) is 5.75 Å². The number of phenols is 1. The Labute approximate surface area is 115 Å². The lowest BCUT2D eigenvalue weighted by Crippen LogP contribution is -2.18. The number of hydrogen-bond acceptors (Lipinski definition) is 4. The fraction of sp³-hybridized carbons (Fsp3) is 0.571. The van der Waals surface area contributed by atoms with Gasteiger partial charge in [0, 0.05) is 12.1 Å². The molecule has 3 N–H and O–H groups in total. The van der Waals surface area contributed by atoms with E-state index in [1.807, 2.05) is 20.8 Å². The van der Waals surface area contributed by atoms with Crippen molar-refractivity contribution in [3.05, 3.63) is 23.3 Å². The third-order valence-electron chi connectivity index (χ3n) is 3.75. The molecule has 1 rings (SSSR count). The van der Waals surface area contributed by atoms with E-state index in [1.165, 1.54) is 0 Å². The maximum atomic E-state index is 12.1. The first-order chi connectivity index (χ1) is 8.69. The van der Waals surface area contributed by atoms with Crippen LogP contribution in [0, 0.1) is 0 Å². The van der Waals surface area contributed by atoms with E-state index in [2.05, 4.69) is 0 Å². The summed E-state index contributed by atoms with van der Waals surface area (Å²) in [6.45, 7) is 7.81. The Bertz CT molecular complexity index is 562. The molecule has 1 aromatic rings. The van der Waals surface area contributed by atoms with Gasteiger partial charge in [-0.1, -0.05) is 33.8 Å². The molecule has 0 radical (unpaired) electrons. The van der Waals surface area contributed by atoms with Gasteiger partial charge >= 0.3 is 0 Å². The largest absolute Gasteiger partial charge is 0.506 e. The number of sulfone groups is 1. The molecule has 108 valence electrons. The van der Waals surface area contributed by atoms with Gasteiger partial charge in [-0.25, -0.2) is 8.42 Å². The van der Waals surface area contributed by atoms with E-state index in [-0.39, 0.29) is 28.4 Å². The van der Waals surface area contributed by atoms with Gasteiger partial charge in [-0.05, 0) is 23.5 Å². The van der Waals surface area contributed by atoms with Crippen molar-refractivity contribution in [3.63, 3.8) is 0 Å². The molecule has 0 amide bonds. The van der Waals surface area contributed by atoms with Gasteiger partial charge in [0.15, 0.2) is 9.84 Å². The minimum Gasteiger partial charge on any atom is -0.506 e. The second kappa shape index (κ2) is 5.51. The van der Waals surface area contributed by atoms with Gasteiger partial charge in [-0.2, -0.15) is 0 Å². The summed E-state index contributed by atoms with van der Waals surface area (Å²) in [7, 11) is -3.46. The predicted molar refractivity (Wildman–Crippen MR) is 77.0 cm³/mol. The van der Waals surface area contributed by atoms with E-state index in [0.29, 0.717) is 5.56 Å². The van der Waals surface area contributed by atoms with Crippen molar-refractivity contribution in [1.82, 2.24) is 0 Å². The Hall–Kier alpha value is -1.07. The molecule has 0 atom stereocenters. The number of phenolic OH excluding ortho intramolecular Hbond substituents is 1. The highest BCUT2D eigenvalue weighted by Gasteiger charge is 2.25. The maximum absolute atomic E-state index is 12.1. The molecular formula is C14H23NO3S. The summed E-state index contributed by atoms with van der Waals surface area (Å²) < 4.78 is 24.1. The number of hydrogen-bond donors (Lipinski definition) is 2. The zero-order chi connectivity index (χ0) is 14.8. The monoisotopic (exact) mass is 285 g/mol. The van der Waals surface area contributed by atoms with Crippen molar-refractivity contribution in [2.24, 2.45) is 5.73 Å². The Morgan fingerprint density at radius 3 is 2.26 bits per heavy atom. The van der Waals surface area contributed by atoms with Crippen molar-refractivity contribution in [2.75, 3.05) is 5.75 Å². The first-order valence-corrected chi connectivity index (χ1v) is 8.14. The summed E-state index contributed by atoms with van der Waals surface area (Å²) in [4.78, 5) is -0.00512. The van der Waals surface area contributed by atoms with Gasteiger partial charge < -0.3 is 10.8 Å². The molecule has 0 aliphatic carbocycles. The summed E-state index contributed by atoms with van der Waals surface area (Å²) in [5.41, 5.74) is 6.81. The molecule has 0 bridgehead atoms. The summed E-state index contributed by atoms with van der Waals surface area (Å²) in [5.74, 6) is -0.249. The first kappa shape index (κ1) is 16.0. The number of aromatic hydroxyl groups is 1. The minimum absolute atomic E-state index is 0.00512. The lowest BCUT2D eigenvalue weighted by Gasteiger charge is -2.25. The molecule has 0 aliphatic rings. The van der Waals surface area contributed by atoms with Crippen LogP contribution in [0.4, 0.5) is 0 Å². The third-order valence-corrected chi connectivity index (χ3v) is 5.50. The SMILES string of the molecule is CCC(C)(C)c1cc(CN)c(O)c(S(=O)(=O)CC)c1. The summed E-state index contributed by atoms with van der Waals surface area (Å²) >= 11 is 0. The Morgan fingerprint density at radius 1 is 1.26 bits per heavy atom. The van der Waals surface area contributed by atoms with Crippen LogP contribution in [0.2, 0.25) is 0 Å². The zero-order valence-electron chi connectivity index (χ0n) is 12.0. The quantitative estimate of drug-likeness (QED) is 0.870. The van der Waals surface area contributed by atoms with Crippen LogP contribution in [0.25, 0.3) is 0 Å². The fourth-order valence-corrected chi connectivity index (χ4v) is 2.85. The Kier molecular flexibility index (Phi) is 4.63. The van der Waals surface area contributed by atoms with E-state index in [1.54, 1.807) is 19.1 Å². The maximum Gasteiger partial charge on any atom is 0.181 e. The van der Waals surface area contributed by atoms with E-state index >= 15 is 0 Å². The van der Waals surface area contributed by atoms with Crippen LogP contribution in [0.3, 0.4) is 0 Å². The van der Waals surface area contributed by atoms with Crippen LogP contribution in [0.1, 0.15) is 45.2 Å². The van der Waals surface area contributed by atoms with Crippen molar-refractivity contribution in [1.29, 1.82) is 0 Å². The highest BCUT2D eigenvalue weighted by atomic mass is 32.2. The van der Waals surface area contributed by atoms with Gasteiger partial charge in [0.1, 0.15) is 10.6 Å². The van der Waals surface area contributed by atoms with Crippen LogP contribution in [0.5, 0.6) is 5.75 Å². The van der Waals surface area contributed by atoms with Gasteiger partial charge in [-0.3, -0.25) is 0 Å². The topological polar surface area (TPSA) is 80.4 Å². The standard InChI is InChI=1S/C14H23NO3S/c1-5-14(3,4)11-7-10(9-15)13(16)12(8-11)19(17,18)6-2/h7-8,16H,5-6,9,15H2,1-4H3. The van der Waals surface area contributed by atoms with Crippen LogP contribution < -0.4 is 5.73 Å². The zero-order valence-corrected chi connectivity index (χ0v) is 12.8. The molecule has 5 heteroatoms. The van der Waals surface area contributed by atoms with Gasteiger partial charge in [0.25, 0.3) is 0 Å². The summed E-state index contributed by atoms with van der Waals surface area (Å²) in [5, 5.41) is 10.1. The molecule has 0 unspecified atom stereocenters. The van der Waals surface area contributed by atoms with E-state index in [9.17, 15) is 13.5 Å². The molecule has 0 aromatic heterocycles. The Balaban J connectivity index is 3.61. The van der Waals surface area contributed by atoms with Crippen LogP contribution >= 0.6 is 0 Å². The summed E-state index contributed by atoms with van der Waals surface area (Å²) in [6, 6.07) is 3.38. The number of rotatable bonds is 5. The molecule has 0 saturated heterocycles. The van der Waals surface area contributed by atoms with Crippen molar-refractivity contribution in [2.45, 2.75) is 51.0 Å². The molecular weight excluding hydrogens is 262 g/mol. The highest BCUT2D eigenvalue weighted by molar-refractivity contribution is 7.91. The normalized spacial score (nSPS) is 12.7. The average Bonchev–Trinajstić information content (AvgIpc) is 2.38. The van der Waals surface area contributed by atoms with Gasteiger partial charge in [-0.15, -0.1) is 0 Å². The fourth-order valence-electron chi connectivity index (χ4n) is 1.81. The molecule has 4 nitrogen and oxygen atoms in total. The van der Waals surface area contributed by atoms with E-state index in [4.69, 9.17) is 5.73 Å². The molecule has 1 aromatic carbocycles. The minimum atomic E-state index is -3.46. The number of benzene rings is 1. The van der Waals surface area contributed by atoms with Gasteiger partial charge in [0.2, 0.25) is 0 Å². The van der Waals surface area contributed by atoms with Crippen LogP contribution in [-0.4, -0.2) is 19.3 Å². The second-order valence-corrected chi connectivity index (χ2v) is 7.57. The smallest absolute Gasteiger partial charge is 0.181 e. The van der Waals surface area contributed by atoms with Crippen molar-refractivity contribution >= 4 is 9.84 Å². The van der Waals surface area contributed by atoms with E-state index < -0.39 is 9.84 Å². The molecule has 0 fully saturated rings. The Morgan fingerprint density at radius 2 is 1.84 bits per heavy atom. The van der Waals surface area contributed by atoms with Crippen LogP contribution in [0.15, 0.2) is 17.0 Å². The number of nitrogens with two attached hydrogens (primary N) is 1. The predicted octanol–water partition coefficient (Wildman–Crippen LogP) is 2.33. The lowest BCUT2D eigenvalue weighted by molar-refractivity contribution is 0.447. The molecule has 0 saturated carbocycles. The molecule has 0 heterocycles. The summed E-state index contributed by atoms with van der Waals surface area (Å²) in [6.07, 6.45) is 0.868. The lowest BCUT2D eigenvalue weighted by atomic mass is 9.81. The van der Waals surface area contributed by atoms with Crippen LogP contribution in [-0.2, 0) is 21.8 Å². The molecule has 0 aliphatic heterocycles. The van der Waals surface area contributed by atoms with Crippen molar-refractivity contribution < 1.29 is 13.5 Å². The van der Waals surface area contributed by atoms with E-state index in [0.717, 1.165) is 12.0 Å².